The van der Waals surface area contributed by atoms with Crippen molar-refractivity contribution in [1.29, 1.82) is 0 Å². The molecule has 4 nitrogen and oxygen atoms in total. The molecule has 0 aromatic heterocycles. The molecule has 0 radical (unpaired) electrons. The van der Waals surface area contributed by atoms with Crippen LogP contribution in [0.5, 0.6) is 0 Å². The van der Waals surface area contributed by atoms with E-state index in [0.29, 0.717) is 0 Å². The Kier molecular flexibility index (Phi) is 5.43. The zero-order chi connectivity index (χ0) is 12.8. The maximum Gasteiger partial charge on any atom is 0.446 e. The highest BCUT2D eigenvalue weighted by atomic mass is 19.4. The maximum atomic E-state index is 10.6. The summed E-state index contributed by atoms with van der Waals surface area (Å²) in [5.74, 6) is -0.614. The van der Waals surface area contributed by atoms with Gasteiger partial charge < -0.3 is 10.4 Å². The molecule has 0 atom stereocenters. The first kappa shape index (κ1) is 14.9. The average molecular weight is 242 g/mol. The van der Waals surface area contributed by atoms with Crippen LogP contribution in [0.1, 0.15) is 19.8 Å². The largest absolute Gasteiger partial charge is 0.481 e. The molecule has 1 fully saturated rings. The molecule has 0 aromatic carbocycles. The van der Waals surface area contributed by atoms with Gasteiger partial charge in [0.15, 0.2) is 0 Å². The Morgan fingerprint density at radius 3 is 2.12 bits per heavy atom. The monoisotopic (exact) mass is 242 g/mol. The Labute approximate surface area is 90.8 Å². The van der Waals surface area contributed by atoms with E-state index < -0.39 is 18.4 Å². The van der Waals surface area contributed by atoms with Gasteiger partial charge in [0.05, 0.1) is 13.1 Å². The third-order valence-corrected chi connectivity index (χ3v) is 2.26. The maximum absolute atomic E-state index is 10.6. The smallest absolute Gasteiger partial charge is 0.446 e. The van der Waals surface area contributed by atoms with Crippen molar-refractivity contribution >= 4 is 12.3 Å². The minimum absolute atomic E-state index is 0.337. The second-order valence-corrected chi connectivity index (χ2v) is 3.65. The van der Waals surface area contributed by atoms with E-state index in [9.17, 15) is 18.0 Å². The molecular weight excluding hydrogens is 227 g/mol. The van der Waals surface area contributed by atoms with E-state index in [2.05, 4.69) is 5.32 Å². The number of halogens is 3. The summed E-state index contributed by atoms with van der Waals surface area (Å²) in [6, 6.07) is 0. The van der Waals surface area contributed by atoms with Gasteiger partial charge in [-0.25, -0.2) is 0 Å². The molecular formula is C9H15F3NO3+. The number of rotatable bonds is 4. The van der Waals surface area contributed by atoms with Crippen molar-refractivity contribution in [3.8, 4) is 0 Å². The number of hydrogen-bond acceptors (Lipinski definition) is 2. The van der Waals surface area contributed by atoms with Gasteiger partial charge in [-0.3, -0.25) is 9.59 Å². The fourth-order valence-corrected chi connectivity index (χ4v) is 1.08. The van der Waals surface area contributed by atoms with Gasteiger partial charge in [-0.1, -0.05) is 0 Å². The van der Waals surface area contributed by atoms with E-state index in [0.717, 1.165) is 25.9 Å². The Bertz CT molecular complexity index is 249. The van der Waals surface area contributed by atoms with E-state index in [1.807, 2.05) is 6.92 Å². The minimum Gasteiger partial charge on any atom is -0.481 e. The molecule has 0 saturated heterocycles. The summed E-state index contributed by atoms with van der Waals surface area (Å²) in [5, 5.41) is 10.8. The zero-order valence-electron chi connectivity index (χ0n) is 8.88. The number of alkyl halides is 3. The van der Waals surface area contributed by atoms with Crippen molar-refractivity contribution in [2.75, 3.05) is 13.1 Å². The van der Waals surface area contributed by atoms with Crippen LogP contribution in [0.4, 0.5) is 13.2 Å². The summed E-state index contributed by atoms with van der Waals surface area (Å²) in [5.41, 5.74) is -0.337. The molecule has 0 unspecified atom stereocenters. The fourth-order valence-electron chi connectivity index (χ4n) is 1.08. The highest BCUT2D eigenvalue weighted by molar-refractivity contribution is 5.77. The van der Waals surface area contributed by atoms with Crippen LogP contribution in [0.15, 0.2) is 0 Å². The standard InChI is InChI=1S/C7H13NO2.C2HF3O/c1-2-8-5-7(3-4-7)6(9)10;3-2(4,5)1-6/h8H,2-5H2,1H3,(H,9,10);1H/p+1. The summed E-state index contributed by atoms with van der Waals surface area (Å²) < 4.78 is 31.2. The van der Waals surface area contributed by atoms with Crippen molar-refractivity contribution in [1.82, 2.24) is 0 Å². The number of carbonyl (C=O) groups is 2. The number of carboxylic acids is 1. The van der Waals surface area contributed by atoms with E-state index in [-0.39, 0.29) is 5.41 Å². The second-order valence-electron chi connectivity index (χ2n) is 3.65. The molecule has 3 N–H and O–H groups in total. The number of aldehydes is 1. The van der Waals surface area contributed by atoms with E-state index in [1.54, 1.807) is 0 Å². The molecule has 0 heterocycles. The van der Waals surface area contributed by atoms with Gasteiger partial charge in [-0.15, -0.1) is 0 Å². The van der Waals surface area contributed by atoms with Crippen LogP contribution in [0.2, 0.25) is 0 Å². The summed E-state index contributed by atoms with van der Waals surface area (Å²) in [4.78, 5) is 19.3. The third-order valence-electron chi connectivity index (χ3n) is 2.26. The van der Waals surface area contributed by atoms with Gasteiger partial charge in [-0.2, -0.15) is 13.2 Å². The molecule has 0 bridgehead atoms. The van der Waals surface area contributed by atoms with Crippen LogP contribution in [-0.2, 0) is 9.59 Å². The third kappa shape index (κ3) is 5.69. The molecule has 1 aliphatic rings. The first-order valence-corrected chi connectivity index (χ1v) is 4.85. The molecule has 1 aliphatic carbocycles. The SMILES string of the molecule is CC[NH2+]CC1(C(=O)O)CC1.O=CC(F)(F)F. The lowest BCUT2D eigenvalue weighted by molar-refractivity contribution is -0.657. The van der Waals surface area contributed by atoms with Crippen molar-refractivity contribution in [3.05, 3.63) is 0 Å². The summed E-state index contributed by atoms with van der Waals surface area (Å²) in [6.07, 6.45) is -3.95. The quantitative estimate of drug-likeness (QED) is 0.691. The van der Waals surface area contributed by atoms with Crippen molar-refractivity contribution in [3.63, 3.8) is 0 Å². The molecule has 94 valence electrons. The average Bonchev–Trinajstić information content (AvgIpc) is 2.95. The molecule has 0 amide bonds. The lowest BCUT2D eigenvalue weighted by atomic mass is 10.1. The number of carbonyl (C=O) groups excluding carboxylic acids is 1. The lowest BCUT2D eigenvalue weighted by Crippen LogP contribution is -2.85. The minimum atomic E-state index is -4.64. The van der Waals surface area contributed by atoms with Gasteiger partial charge in [-0.05, 0) is 19.8 Å². The van der Waals surface area contributed by atoms with Gasteiger partial charge in [0.1, 0.15) is 5.41 Å². The molecule has 7 heteroatoms. The second kappa shape index (κ2) is 5.83. The van der Waals surface area contributed by atoms with Crippen molar-refractivity contribution in [2.24, 2.45) is 5.41 Å². The van der Waals surface area contributed by atoms with Crippen LogP contribution in [0.3, 0.4) is 0 Å². The summed E-state index contributed by atoms with van der Waals surface area (Å²) in [7, 11) is 0. The predicted octanol–water partition coefficient (Wildman–Crippen LogP) is 0.182. The number of carboxylic acid groups (broad SMARTS) is 1. The molecule has 1 saturated carbocycles. The molecule has 1 rings (SSSR count). The Hall–Kier alpha value is -1.11. The Balaban J connectivity index is 0.000000325. The van der Waals surface area contributed by atoms with Gasteiger partial charge >= 0.3 is 12.1 Å². The van der Waals surface area contributed by atoms with Crippen molar-refractivity contribution < 1.29 is 33.2 Å². The van der Waals surface area contributed by atoms with Crippen molar-refractivity contribution in [2.45, 2.75) is 25.9 Å². The number of nitrogens with two attached hydrogens (primary N) is 1. The number of aliphatic carboxylic acids is 1. The van der Waals surface area contributed by atoms with Gasteiger partial charge in [0.2, 0.25) is 6.29 Å². The number of quaternary nitrogens is 1. The van der Waals surface area contributed by atoms with Crippen LogP contribution in [-0.4, -0.2) is 36.6 Å². The Morgan fingerprint density at radius 1 is 1.50 bits per heavy atom. The van der Waals surface area contributed by atoms with Crippen LogP contribution < -0.4 is 5.32 Å². The first-order valence-electron chi connectivity index (χ1n) is 4.85. The van der Waals surface area contributed by atoms with Crippen LogP contribution in [0, 0.1) is 5.41 Å². The van der Waals surface area contributed by atoms with Gasteiger partial charge in [0.25, 0.3) is 0 Å². The van der Waals surface area contributed by atoms with Crippen LogP contribution >= 0.6 is 0 Å². The highest BCUT2D eigenvalue weighted by Crippen LogP contribution is 2.44. The first-order chi connectivity index (χ1) is 7.27. The van der Waals surface area contributed by atoms with Gasteiger partial charge in [0, 0.05) is 0 Å². The molecule has 0 spiro atoms. The molecule has 0 aliphatic heterocycles. The topological polar surface area (TPSA) is 71.0 Å². The Morgan fingerprint density at radius 2 is 1.94 bits per heavy atom. The predicted molar refractivity (Wildman–Crippen MR) is 48.8 cm³/mol. The lowest BCUT2D eigenvalue weighted by Gasteiger charge is -2.05. The molecule has 0 aromatic rings. The summed E-state index contributed by atoms with van der Waals surface area (Å²) >= 11 is 0. The van der Waals surface area contributed by atoms with Crippen LogP contribution in [0.25, 0.3) is 0 Å². The fraction of sp³-hybridized carbons (Fsp3) is 0.778. The van der Waals surface area contributed by atoms with E-state index in [4.69, 9.17) is 9.90 Å². The zero-order valence-corrected chi connectivity index (χ0v) is 8.88. The summed E-state index contributed by atoms with van der Waals surface area (Å²) in [6.45, 7) is 3.78. The van der Waals surface area contributed by atoms with E-state index >= 15 is 0 Å². The van der Waals surface area contributed by atoms with E-state index in [1.165, 1.54) is 0 Å². The molecule has 16 heavy (non-hydrogen) atoms. The normalized spacial score (nSPS) is 17.0. The number of hydrogen-bond donors (Lipinski definition) is 2. The highest BCUT2D eigenvalue weighted by Gasteiger charge is 2.51.